The fourth-order valence-corrected chi connectivity index (χ4v) is 3.49. The summed E-state index contributed by atoms with van der Waals surface area (Å²) in [5, 5.41) is 4.41. The number of hydrogen-bond donors (Lipinski definition) is 0. The summed E-state index contributed by atoms with van der Waals surface area (Å²) < 4.78 is 20.5. The van der Waals surface area contributed by atoms with E-state index in [1.807, 2.05) is 4.90 Å². The fraction of sp³-hybridized carbons (Fsp3) is 0.545. The average molecular weight is 403 g/mol. The molecule has 2 aromatic rings. The van der Waals surface area contributed by atoms with E-state index in [2.05, 4.69) is 16.9 Å². The number of benzene rings is 1. The quantitative estimate of drug-likeness (QED) is 0.572. The molecule has 3 rings (SSSR count). The lowest BCUT2D eigenvalue weighted by atomic mass is 10.2. The fourth-order valence-electron chi connectivity index (χ4n) is 3.49. The summed E-state index contributed by atoms with van der Waals surface area (Å²) in [4.78, 5) is 17.4. The molecule has 1 aliphatic heterocycles. The van der Waals surface area contributed by atoms with Gasteiger partial charge in [-0.1, -0.05) is 32.3 Å². The molecule has 1 saturated heterocycles. The Kier molecular flexibility index (Phi) is 8.19. The lowest BCUT2D eigenvalue weighted by Gasteiger charge is -2.30. The number of aromatic nitrogens is 2. The molecule has 1 aromatic heterocycles. The monoisotopic (exact) mass is 402 g/mol. The third kappa shape index (κ3) is 6.37. The maximum Gasteiger partial charge on any atom is 0.274 e. The predicted octanol–water partition coefficient (Wildman–Crippen LogP) is 3.37. The van der Waals surface area contributed by atoms with E-state index in [9.17, 15) is 9.18 Å². The molecular weight excluding hydrogens is 371 g/mol. The summed E-state index contributed by atoms with van der Waals surface area (Å²) in [5.41, 5.74) is 0.999. The van der Waals surface area contributed by atoms with Gasteiger partial charge in [0, 0.05) is 38.9 Å². The molecule has 0 spiro atoms. The van der Waals surface area contributed by atoms with Crippen LogP contribution in [0.2, 0.25) is 0 Å². The van der Waals surface area contributed by atoms with Crippen molar-refractivity contribution in [2.24, 2.45) is 0 Å². The maximum absolute atomic E-state index is 13.5. The van der Waals surface area contributed by atoms with Crippen molar-refractivity contribution in [2.45, 2.75) is 32.6 Å². The van der Waals surface area contributed by atoms with E-state index < -0.39 is 0 Å². The second kappa shape index (κ2) is 11.1. The van der Waals surface area contributed by atoms with Gasteiger partial charge in [0.15, 0.2) is 5.69 Å². The number of ether oxygens (including phenoxy) is 1. The van der Waals surface area contributed by atoms with Crippen molar-refractivity contribution in [3.63, 3.8) is 0 Å². The van der Waals surface area contributed by atoms with Crippen LogP contribution in [0.1, 0.15) is 43.1 Å². The summed E-state index contributed by atoms with van der Waals surface area (Å²) in [6, 6.07) is 7.91. The molecule has 7 heteroatoms. The Balaban J connectivity index is 1.65. The molecule has 0 saturated carbocycles. The van der Waals surface area contributed by atoms with E-state index in [4.69, 9.17) is 4.74 Å². The van der Waals surface area contributed by atoms with Gasteiger partial charge >= 0.3 is 0 Å². The van der Waals surface area contributed by atoms with Crippen molar-refractivity contribution < 1.29 is 13.9 Å². The lowest BCUT2D eigenvalue weighted by molar-refractivity contribution is 0.0323. The van der Waals surface area contributed by atoms with Crippen LogP contribution in [0.3, 0.4) is 0 Å². The summed E-state index contributed by atoms with van der Waals surface area (Å²) in [6.45, 7) is 7.75. The van der Waals surface area contributed by atoms with E-state index >= 15 is 0 Å². The van der Waals surface area contributed by atoms with Crippen LogP contribution in [0, 0.1) is 5.82 Å². The Morgan fingerprint density at radius 3 is 2.76 bits per heavy atom. The third-order valence-corrected chi connectivity index (χ3v) is 5.24. The molecule has 29 heavy (non-hydrogen) atoms. The minimum absolute atomic E-state index is 0.0649. The third-order valence-electron chi connectivity index (χ3n) is 5.24. The Morgan fingerprint density at radius 1 is 1.17 bits per heavy atom. The van der Waals surface area contributed by atoms with Gasteiger partial charge in [-0.3, -0.25) is 9.69 Å². The van der Waals surface area contributed by atoms with Crippen molar-refractivity contribution in [2.75, 3.05) is 45.9 Å². The van der Waals surface area contributed by atoms with Crippen LogP contribution in [-0.4, -0.2) is 71.4 Å². The largest absolute Gasteiger partial charge is 0.379 e. The smallest absolute Gasteiger partial charge is 0.274 e. The highest BCUT2D eigenvalue weighted by atomic mass is 19.1. The van der Waals surface area contributed by atoms with Gasteiger partial charge in [0.2, 0.25) is 0 Å². The van der Waals surface area contributed by atoms with Gasteiger partial charge in [-0.25, -0.2) is 9.07 Å². The number of unbranched alkanes of at least 4 members (excludes halogenated alkanes) is 3. The second-order valence-electron chi connectivity index (χ2n) is 7.43. The molecule has 0 atom stereocenters. The van der Waals surface area contributed by atoms with Crippen LogP contribution in [0.25, 0.3) is 5.69 Å². The van der Waals surface area contributed by atoms with Crippen molar-refractivity contribution in [3.05, 3.63) is 48.0 Å². The predicted molar refractivity (Wildman–Crippen MR) is 111 cm³/mol. The van der Waals surface area contributed by atoms with E-state index in [1.165, 1.54) is 25.0 Å². The summed E-state index contributed by atoms with van der Waals surface area (Å²) in [7, 11) is 0. The molecule has 6 nitrogen and oxygen atoms in total. The zero-order chi connectivity index (χ0) is 20.5. The number of carbonyl (C=O) groups is 1. The molecule has 0 unspecified atom stereocenters. The molecule has 1 aliphatic rings. The zero-order valence-corrected chi connectivity index (χ0v) is 17.2. The van der Waals surface area contributed by atoms with Gasteiger partial charge in [0.1, 0.15) is 5.82 Å². The minimum atomic E-state index is -0.325. The van der Waals surface area contributed by atoms with Crippen LogP contribution < -0.4 is 0 Å². The van der Waals surface area contributed by atoms with E-state index in [0.717, 1.165) is 52.2 Å². The minimum Gasteiger partial charge on any atom is -0.379 e. The standard InChI is InChI=1S/C22H31FN4O2/c1-2-3-4-5-10-26(13-12-25-14-16-29-17-15-25)22(28)21-9-11-27(24-21)20-8-6-7-19(23)18-20/h6-9,11,18H,2-5,10,12-17H2,1H3. The number of morpholine rings is 1. The summed E-state index contributed by atoms with van der Waals surface area (Å²) >= 11 is 0. The highest BCUT2D eigenvalue weighted by Crippen LogP contribution is 2.12. The second-order valence-corrected chi connectivity index (χ2v) is 7.43. The zero-order valence-electron chi connectivity index (χ0n) is 17.2. The van der Waals surface area contributed by atoms with Gasteiger partial charge in [-0.2, -0.15) is 5.10 Å². The van der Waals surface area contributed by atoms with Crippen molar-refractivity contribution in [3.8, 4) is 5.69 Å². The molecule has 158 valence electrons. The number of rotatable bonds is 10. The number of hydrogen-bond acceptors (Lipinski definition) is 4. The first-order valence-corrected chi connectivity index (χ1v) is 10.6. The Labute approximate surface area is 172 Å². The van der Waals surface area contributed by atoms with Gasteiger partial charge in [-0.05, 0) is 30.7 Å². The van der Waals surface area contributed by atoms with Crippen LogP contribution >= 0.6 is 0 Å². The van der Waals surface area contributed by atoms with Crippen LogP contribution in [0.4, 0.5) is 4.39 Å². The molecule has 1 fully saturated rings. The first kappa shape index (κ1) is 21.5. The summed E-state index contributed by atoms with van der Waals surface area (Å²) in [6.07, 6.45) is 6.17. The highest BCUT2D eigenvalue weighted by molar-refractivity contribution is 5.92. The maximum atomic E-state index is 13.5. The molecule has 0 N–H and O–H groups in total. The van der Waals surface area contributed by atoms with E-state index in [0.29, 0.717) is 17.9 Å². The van der Waals surface area contributed by atoms with Gasteiger partial charge in [0.25, 0.3) is 5.91 Å². The Morgan fingerprint density at radius 2 is 2.00 bits per heavy atom. The lowest BCUT2D eigenvalue weighted by Crippen LogP contribution is -2.43. The first-order valence-electron chi connectivity index (χ1n) is 10.6. The van der Waals surface area contributed by atoms with Crippen LogP contribution in [0.15, 0.2) is 36.5 Å². The molecule has 1 aromatic carbocycles. The molecule has 0 radical (unpaired) electrons. The SMILES string of the molecule is CCCCCCN(CCN1CCOCC1)C(=O)c1ccn(-c2cccc(F)c2)n1. The van der Waals surface area contributed by atoms with Gasteiger partial charge in [0.05, 0.1) is 18.9 Å². The molecule has 2 heterocycles. The molecule has 0 bridgehead atoms. The summed E-state index contributed by atoms with van der Waals surface area (Å²) in [5.74, 6) is -0.390. The van der Waals surface area contributed by atoms with Crippen LogP contribution in [0.5, 0.6) is 0 Å². The number of carbonyl (C=O) groups excluding carboxylic acids is 1. The highest BCUT2D eigenvalue weighted by Gasteiger charge is 2.20. The molecule has 0 aliphatic carbocycles. The van der Waals surface area contributed by atoms with Crippen molar-refractivity contribution >= 4 is 5.91 Å². The number of nitrogens with zero attached hydrogens (tertiary/aromatic N) is 4. The van der Waals surface area contributed by atoms with Gasteiger partial charge in [-0.15, -0.1) is 0 Å². The van der Waals surface area contributed by atoms with E-state index in [-0.39, 0.29) is 11.7 Å². The Bertz CT molecular complexity index is 774. The average Bonchev–Trinajstić information content (AvgIpc) is 3.24. The number of amides is 1. The Hall–Kier alpha value is -2.25. The van der Waals surface area contributed by atoms with E-state index in [1.54, 1.807) is 29.1 Å². The van der Waals surface area contributed by atoms with Gasteiger partial charge < -0.3 is 9.64 Å². The van der Waals surface area contributed by atoms with Crippen LogP contribution in [-0.2, 0) is 4.74 Å². The van der Waals surface area contributed by atoms with Crippen molar-refractivity contribution in [1.82, 2.24) is 19.6 Å². The number of halogens is 1. The topological polar surface area (TPSA) is 50.6 Å². The first-order chi connectivity index (χ1) is 14.2. The molecular formula is C22H31FN4O2. The molecule has 1 amide bonds. The van der Waals surface area contributed by atoms with Crippen molar-refractivity contribution in [1.29, 1.82) is 0 Å². The normalized spacial score (nSPS) is 14.8.